The van der Waals surface area contributed by atoms with Gasteiger partial charge in [-0.3, -0.25) is 0 Å². The van der Waals surface area contributed by atoms with Crippen LogP contribution in [0, 0.1) is 23.2 Å². The first-order chi connectivity index (χ1) is 7.94. The molecule has 0 aliphatic heterocycles. The SMILES string of the molecule is CC(C)(C)CCNC12CC3CC(CC(C3)C1)C2. The molecule has 0 spiro atoms. The maximum absolute atomic E-state index is 3.98. The van der Waals surface area contributed by atoms with Gasteiger partial charge in [0.2, 0.25) is 0 Å². The highest BCUT2D eigenvalue weighted by Gasteiger charge is 2.50. The van der Waals surface area contributed by atoms with E-state index >= 15 is 0 Å². The topological polar surface area (TPSA) is 12.0 Å². The van der Waals surface area contributed by atoms with Crippen molar-refractivity contribution >= 4 is 0 Å². The third-order valence-electron chi connectivity index (χ3n) is 5.41. The Hall–Kier alpha value is -0.0400. The van der Waals surface area contributed by atoms with Gasteiger partial charge in [-0.25, -0.2) is 0 Å². The molecule has 1 N–H and O–H groups in total. The van der Waals surface area contributed by atoms with Gasteiger partial charge in [0.15, 0.2) is 0 Å². The molecular formula is C16H29N. The van der Waals surface area contributed by atoms with Gasteiger partial charge in [0.25, 0.3) is 0 Å². The molecule has 0 saturated heterocycles. The van der Waals surface area contributed by atoms with Crippen LogP contribution < -0.4 is 5.32 Å². The maximum atomic E-state index is 3.98. The summed E-state index contributed by atoms with van der Waals surface area (Å²) in [5.74, 6) is 3.22. The number of hydrogen-bond donors (Lipinski definition) is 1. The summed E-state index contributed by atoms with van der Waals surface area (Å²) in [5.41, 5.74) is 1.05. The average Bonchev–Trinajstić information content (AvgIpc) is 2.11. The van der Waals surface area contributed by atoms with Crippen molar-refractivity contribution in [2.24, 2.45) is 23.2 Å². The van der Waals surface area contributed by atoms with E-state index in [9.17, 15) is 0 Å². The van der Waals surface area contributed by atoms with Crippen LogP contribution in [-0.4, -0.2) is 12.1 Å². The average molecular weight is 235 g/mol. The van der Waals surface area contributed by atoms with Crippen molar-refractivity contribution in [2.45, 2.75) is 71.3 Å². The molecule has 4 aliphatic carbocycles. The minimum atomic E-state index is 0.481. The number of rotatable bonds is 3. The fraction of sp³-hybridized carbons (Fsp3) is 1.00. The van der Waals surface area contributed by atoms with Gasteiger partial charge >= 0.3 is 0 Å². The van der Waals surface area contributed by atoms with Crippen LogP contribution in [0.3, 0.4) is 0 Å². The zero-order valence-corrected chi connectivity index (χ0v) is 11.9. The van der Waals surface area contributed by atoms with E-state index in [1.54, 1.807) is 19.3 Å². The van der Waals surface area contributed by atoms with Crippen LogP contribution in [-0.2, 0) is 0 Å². The normalized spacial score (nSPS) is 44.3. The molecule has 4 fully saturated rings. The highest BCUT2D eigenvalue weighted by Crippen LogP contribution is 2.55. The van der Waals surface area contributed by atoms with Gasteiger partial charge in [-0.2, -0.15) is 0 Å². The maximum Gasteiger partial charge on any atom is 0.0189 e. The summed E-state index contributed by atoms with van der Waals surface area (Å²) < 4.78 is 0. The van der Waals surface area contributed by atoms with Crippen molar-refractivity contribution in [2.75, 3.05) is 6.54 Å². The van der Waals surface area contributed by atoms with E-state index in [4.69, 9.17) is 0 Å². The molecule has 4 bridgehead atoms. The molecule has 4 saturated carbocycles. The molecule has 0 amide bonds. The Bertz CT molecular complexity index is 251. The summed E-state index contributed by atoms with van der Waals surface area (Å²) in [7, 11) is 0. The second-order valence-electron chi connectivity index (χ2n) is 8.44. The van der Waals surface area contributed by atoms with Gasteiger partial charge < -0.3 is 5.32 Å². The summed E-state index contributed by atoms with van der Waals surface area (Å²) in [6.07, 6.45) is 10.4. The lowest BCUT2D eigenvalue weighted by atomic mass is 9.53. The van der Waals surface area contributed by atoms with Crippen molar-refractivity contribution in [3.8, 4) is 0 Å². The lowest BCUT2D eigenvalue weighted by Crippen LogP contribution is -2.58. The lowest BCUT2D eigenvalue weighted by molar-refractivity contribution is -0.0204. The Balaban J connectivity index is 1.59. The van der Waals surface area contributed by atoms with E-state index in [1.165, 1.54) is 32.2 Å². The van der Waals surface area contributed by atoms with Crippen LogP contribution in [0.25, 0.3) is 0 Å². The summed E-state index contributed by atoms with van der Waals surface area (Å²) >= 11 is 0. The first kappa shape index (κ1) is 12.0. The van der Waals surface area contributed by atoms with Gasteiger partial charge in [0, 0.05) is 5.54 Å². The predicted molar refractivity (Wildman–Crippen MR) is 73.0 cm³/mol. The van der Waals surface area contributed by atoms with E-state index in [-0.39, 0.29) is 0 Å². The van der Waals surface area contributed by atoms with Crippen LogP contribution in [0.2, 0.25) is 0 Å². The van der Waals surface area contributed by atoms with Crippen molar-refractivity contribution in [3.63, 3.8) is 0 Å². The fourth-order valence-electron chi connectivity index (χ4n) is 5.03. The van der Waals surface area contributed by atoms with Crippen LogP contribution in [0.4, 0.5) is 0 Å². The molecule has 0 unspecified atom stereocenters. The molecule has 0 aromatic carbocycles. The molecule has 1 nitrogen and oxygen atoms in total. The molecule has 0 radical (unpaired) electrons. The van der Waals surface area contributed by atoms with Crippen molar-refractivity contribution in [1.29, 1.82) is 0 Å². The van der Waals surface area contributed by atoms with Crippen molar-refractivity contribution in [1.82, 2.24) is 5.32 Å². The van der Waals surface area contributed by atoms with Gasteiger partial charge in [-0.05, 0) is 74.7 Å². The van der Waals surface area contributed by atoms with Crippen LogP contribution >= 0.6 is 0 Å². The molecule has 1 heteroatoms. The summed E-state index contributed by atoms with van der Waals surface area (Å²) in [6.45, 7) is 8.30. The molecule has 4 aliphatic rings. The second-order valence-corrected chi connectivity index (χ2v) is 8.44. The van der Waals surface area contributed by atoms with Crippen LogP contribution in [0.15, 0.2) is 0 Å². The van der Waals surface area contributed by atoms with E-state index in [2.05, 4.69) is 26.1 Å². The molecule has 0 heterocycles. The Labute approximate surface area is 107 Å². The van der Waals surface area contributed by atoms with Gasteiger partial charge in [0.1, 0.15) is 0 Å². The number of hydrogen-bond acceptors (Lipinski definition) is 1. The summed E-state index contributed by atoms with van der Waals surface area (Å²) in [6, 6.07) is 0. The Kier molecular flexibility index (Phi) is 2.81. The number of nitrogens with one attached hydrogen (secondary N) is 1. The fourth-order valence-corrected chi connectivity index (χ4v) is 5.03. The standard InChI is InChI=1S/C16H29N/c1-15(2,3)4-5-17-16-9-12-6-13(10-16)8-14(7-12)11-16/h12-14,17H,4-11H2,1-3H3. The van der Waals surface area contributed by atoms with E-state index in [1.807, 2.05) is 0 Å². The zero-order chi connectivity index (χ0) is 12.1. The molecule has 0 aromatic rings. The van der Waals surface area contributed by atoms with E-state index in [0.29, 0.717) is 11.0 Å². The third kappa shape index (κ3) is 2.54. The summed E-state index contributed by atoms with van der Waals surface area (Å²) in [5, 5.41) is 3.98. The monoisotopic (exact) mass is 235 g/mol. The van der Waals surface area contributed by atoms with Gasteiger partial charge in [0.05, 0.1) is 0 Å². The molecule has 0 aromatic heterocycles. The molecule has 98 valence electrons. The summed E-state index contributed by atoms with van der Waals surface area (Å²) in [4.78, 5) is 0. The highest BCUT2D eigenvalue weighted by atomic mass is 15.0. The third-order valence-corrected chi connectivity index (χ3v) is 5.41. The van der Waals surface area contributed by atoms with Gasteiger partial charge in [-0.15, -0.1) is 0 Å². The molecule has 17 heavy (non-hydrogen) atoms. The first-order valence-electron chi connectivity index (χ1n) is 7.69. The lowest BCUT2D eigenvalue weighted by Gasteiger charge is -2.57. The minimum Gasteiger partial charge on any atom is -0.311 e. The van der Waals surface area contributed by atoms with Crippen LogP contribution in [0.1, 0.15) is 65.7 Å². The van der Waals surface area contributed by atoms with Crippen LogP contribution in [0.5, 0.6) is 0 Å². The molecule has 4 rings (SSSR count). The van der Waals surface area contributed by atoms with E-state index in [0.717, 1.165) is 17.8 Å². The molecular weight excluding hydrogens is 206 g/mol. The Morgan fingerprint density at radius 1 is 0.941 bits per heavy atom. The van der Waals surface area contributed by atoms with E-state index < -0.39 is 0 Å². The van der Waals surface area contributed by atoms with Gasteiger partial charge in [-0.1, -0.05) is 20.8 Å². The van der Waals surface area contributed by atoms with Crippen molar-refractivity contribution < 1.29 is 0 Å². The smallest absolute Gasteiger partial charge is 0.0189 e. The van der Waals surface area contributed by atoms with Crippen molar-refractivity contribution in [3.05, 3.63) is 0 Å². The Morgan fingerprint density at radius 2 is 1.41 bits per heavy atom. The minimum absolute atomic E-state index is 0.481. The Morgan fingerprint density at radius 3 is 1.82 bits per heavy atom. The molecule has 0 atom stereocenters. The zero-order valence-electron chi connectivity index (χ0n) is 11.9. The second kappa shape index (κ2) is 3.98. The quantitative estimate of drug-likeness (QED) is 0.780. The first-order valence-corrected chi connectivity index (χ1v) is 7.69. The highest BCUT2D eigenvalue weighted by molar-refractivity contribution is 5.06. The largest absolute Gasteiger partial charge is 0.311 e. The predicted octanol–water partition coefficient (Wildman–Crippen LogP) is 3.98.